The number of carbonyl (C=O) groups excluding carboxylic acids is 1. The van der Waals surface area contributed by atoms with Crippen LogP contribution in [0.5, 0.6) is 0 Å². The number of nitrogens with one attached hydrogen (secondary N) is 1. The molecule has 0 aliphatic carbocycles. The van der Waals surface area contributed by atoms with Gasteiger partial charge in [0, 0.05) is 19.8 Å². The fraction of sp³-hybridized carbons (Fsp3) is 0.231. The Bertz CT molecular complexity index is 634. The largest absolute Gasteiger partial charge is 0.378 e. The third-order valence-electron chi connectivity index (χ3n) is 2.61. The van der Waals surface area contributed by atoms with Crippen LogP contribution in [0.3, 0.4) is 0 Å². The van der Waals surface area contributed by atoms with Crippen molar-refractivity contribution in [2.24, 2.45) is 5.10 Å². The first-order valence-corrected chi connectivity index (χ1v) is 7.03. The molecule has 1 amide bonds. The number of hydrogen-bond acceptors (Lipinski definition) is 7. The number of hydrogen-bond donors (Lipinski definition) is 2. The number of amides is 1. The van der Waals surface area contributed by atoms with Crippen LogP contribution >= 0.6 is 11.3 Å². The van der Waals surface area contributed by atoms with Gasteiger partial charge in [-0.2, -0.15) is 5.10 Å². The van der Waals surface area contributed by atoms with Gasteiger partial charge in [-0.3, -0.25) is 4.79 Å². The van der Waals surface area contributed by atoms with E-state index >= 15 is 0 Å². The number of nitrogens with zero attached hydrogens (tertiary/aromatic N) is 4. The Morgan fingerprint density at radius 2 is 2.10 bits per heavy atom. The monoisotopic (exact) mass is 304 g/mol. The fourth-order valence-electron chi connectivity index (χ4n) is 1.55. The van der Waals surface area contributed by atoms with E-state index in [1.165, 1.54) is 11.3 Å². The second kappa shape index (κ2) is 6.80. The van der Waals surface area contributed by atoms with Crippen molar-refractivity contribution in [3.63, 3.8) is 0 Å². The Hall–Kier alpha value is -2.48. The average Bonchev–Trinajstić information content (AvgIpc) is 2.84. The first kappa shape index (κ1) is 14.9. The van der Waals surface area contributed by atoms with Crippen LogP contribution in [0.1, 0.15) is 10.6 Å². The SMILES string of the molecule is CN(C)c1ccc(/C=N\NC(=O)Cc2nnc(N)s2)cc1. The molecule has 1 aromatic carbocycles. The third kappa shape index (κ3) is 4.53. The van der Waals surface area contributed by atoms with Gasteiger partial charge in [-0.25, -0.2) is 5.43 Å². The molecule has 0 saturated heterocycles. The summed E-state index contributed by atoms with van der Waals surface area (Å²) in [6.07, 6.45) is 1.71. The van der Waals surface area contributed by atoms with Gasteiger partial charge in [0.15, 0.2) is 0 Å². The Balaban J connectivity index is 1.85. The normalized spacial score (nSPS) is 10.8. The zero-order valence-electron chi connectivity index (χ0n) is 11.8. The van der Waals surface area contributed by atoms with Gasteiger partial charge in [0.1, 0.15) is 5.01 Å². The smallest absolute Gasteiger partial charge is 0.247 e. The van der Waals surface area contributed by atoms with Gasteiger partial charge in [0.05, 0.1) is 12.6 Å². The lowest BCUT2D eigenvalue weighted by molar-refractivity contribution is -0.120. The molecule has 7 nitrogen and oxygen atoms in total. The number of benzene rings is 1. The summed E-state index contributed by atoms with van der Waals surface area (Å²) < 4.78 is 0. The van der Waals surface area contributed by atoms with Crippen LogP contribution in [0.25, 0.3) is 0 Å². The number of nitrogens with two attached hydrogens (primary N) is 1. The van der Waals surface area contributed by atoms with E-state index in [0.717, 1.165) is 11.3 Å². The summed E-state index contributed by atoms with van der Waals surface area (Å²) in [5.41, 5.74) is 9.89. The lowest BCUT2D eigenvalue weighted by atomic mass is 10.2. The van der Waals surface area contributed by atoms with Gasteiger partial charge >= 0.3 is 0 Å². The maximum Gasteiger partial charge on any atom is 0.247 e. The number of hydrazone groups is 1. The first-order valence-electron chi connectivity index (χ1n) is 6.22. The van der Waals surface area contributed by atoms with Gasteiger partial charge in [-0.05, 0) is 17.7 Å². The predicted molar refractivity (Wildman–Crippen MR) is 84.5 cm³/mol. The van der Waals surface area contributed by atoms with E-state index in [4.69, 9.17) is 5.73 Å². The lowest BCUT2D eigenvalue weighted by Crippen LogP contribution is -2.19. The van der Waals surface area contributed by atoms with Crippen molar-refractivity contribution in [2.75, 3.05) is 24.7 Å². The van der Waals surface area contributed by atoms with E-state index in [9.17, 15) is 4.79 Å². The Morgan fingerprint density at radius 3 is 2.67 bits per heavy atom. The van der Waals surface area contributed by atoms with Crippen LogP contribution in [-0.4, -0.2) is 36.4 Å². The molecule has 0 saturated carbocycles. The van der Waals surface area contributed by atoms with E-state index in [2.05, 4.69) is 20.7 Å². The van der Waals surface area contributed by atoms with E-state index < -0.39 is 0 Å². The molecule has 2 aromatic rings. The summed E-state index contributed by atoms with van der Waals surface area (Å²) in [5.74, 6) is -0.257. The molecule has 21 heavy (non-hydrogen) atoms. The maximum absolute atomic E-state index is 11.6. The van der Waals surface area contributed by atoms with Gasteiger partial charge in [-0.1, -0.05) is 23.5 Å². The highest BCUT2D eigenvalue weighted by Gasteiger charge is 2.06. The molecule has 3 N–H and O–H groups in total. The van der Waals surface area contributed by atoms with Crippen molar-refractivity contribution in [3.05, 3.63) is 34.8 Å². The number of rotatable bonds is 5. The molecular weight excluding hydrogens is 288 g/mol. The van der Waals surface area contributed by atoms with Gasteiger partial charge in [-0.15, -0.1) is 10.2 Å². The summed E-state index contributed by atoms with van der Waals surface area (Å²) in [5, 5.41) is 12.2. The van der Waals surface area contributed by atoms with Crippen molar-refractivity contribution in [3.8, 4) is 0 Å². The third-order valence-corrected chi connectivity index (χ3v) is 3.36. The molecule has 0 atom stereocenters. The molecule has 0 spiro atoms. The second-order valence-corrected chi connectivity index (χ2v) is 5.58. The summed E-state index contributed by atoms with van der Waals surface area (Å²) in [4.78, 5) is 13.6. The van der Waals surface area contributed by atoms with Gasteiger partial charge < -0.3 is 10.6 Å². The van der Waals surface area contributed by atoms with Crippen molar-refractivity contribution >= 4 is 34.3 Å². The zero-order chi connectivity index (χ0) is 15.2. The number of carbonyl (C=O) groups is 1. The van der Waals surface area contributed by atoms with Crippen molar-refractivity contribution in [1.29, 1.82) is 0 Å². The number of nitrogen functional groups attached to an aromatic ring is 1. The average molecular weight is 304 g/mol. The topological polar surface area (TPSA) is 96.5 Å². The minimum absolute atomic E-state index is 0.117. The first-order chi connectivity index (χ1) is 10.0. The van der Waals surface area contributed by atoms with E-state index in [1.807, 2.05) is 43.3 Å². The molecule has 8 heteroatoms. The van der Waals surface area contributed by atoms with Crippen LogP contribution in [0.2, 0.25) is 0 Å². The highest BCUT2D eigenvalue weighted by Crippen LogP contribution is 2.11. The standard InChI is InChI=1S/C13H16N6OS/c1-19(2)10-5-3-9(4-6-10)8-15-16-11(20)7-12-17-18-13(14)21-12/h3-6,8H,7H2,1-2H3,(H2,14,18)(H,16,20)/b15-8-. The zero-order valence-corrected chi connectivity index (χ0v) is 12.6. The highest BCUT2D eigenvalue weighted by atomic mass is 32.1. The maximum atomic E-state index is 11.6. The van der Waals surface area contributed by atoms with Crippen LogP contribution < -0.4 is 16.1 Å². The molecule has 0 aliphatic heterocycles. The molecule has 110 valence electrons. The van der Waals surface area contributed by atoms with Crippen LogP contribution in [-0.2, 0) is 11.2 Å². The number of aromatic nitrogens is 2. The minimum Gasteiger partial charge on any atom is -0.378 e. The summed E-state index contributed by atoms with van der Waals surface area (Å²) in [7, 11) is 3.95. The molecule has 0 aliphatic rings. The van der Waals surface area contributed by atoms with Gasteiger partial charge in [0.2, 0.25) is 11.0 Å². The van der Waals surface area contributed by atoms with Crippen LogP contribution in [0.4, 0.5) is 10.8 Å². The molecule has 1 aromatic heterocycles. The Morgan fingerprint density at radius 1 is 1.38 bits per heavy atom. The van der Waals surface area contributed by atoms with Crippen molar-refractivity contribution in [1.82, 2.24) is 15.6 Å². The quantitative estimate of drug-likeness (QED) is 0.631. The van der Waals surface area contributed by atoms with Crippen molar-refractivity contribution in [2.45, 2.75) is 6.42 Å². The van der Waals surface area contributed by atoms with Crippen LogP contribution in [0.15, 0.2) is 29.4 Å². The predicted octanol–water partition coefficient (Wildman–Crippen LogP) is 0.879. The van der Waals surface area contributed by atoms with E-state index in [1.54, 1.807) is 6.21 Å². The lowest BCUT2D eigenvalue weighted by Gasteiger charge is -2.11. The van der Waals surface area contributed by atoms with Crippen molar-refractivity contribution < 1.29 is 4.79 Å². The Labute approximate surface area is 126 Å². The van der Waals surface area contributed by atoms with E-state index in [-0.39, 0.29) is 12.3 Å². The second-order valence-electron chi connectivity index (χ2n) is 4.49. The number of anilines is 2. The fourth-order valence-corrected chi connectivity index (χ4v) is 2.16. The summed E-state index contributed by atoms with van der Waals surface area (Å²) in [6.45, 7) is 0. The molecular formula is C13H16N6OS. The highest BCUT2D eigenvalue weighted by molar-refractivity contribution is 7.15. The Kier molecular flexibility index (Phi) is 4.83. The van der Waals surface area contributed by atoms with Crippen LogP contribution in [0, 0.1) is 0 Å². The molecule has 2 rings (SSSR count). The van der Waals surface area contributed by atoms with Gasteiger partial charge in [0.25, 0.3) is 0 Å². The molecule has 0 fully saturated rings. The molecule has 0 radical (unpaired) electrons. The summed E-state index contributed by atoms with van der Waals surface area (Å²) in [6, 6.07) is 7.81. The molecule has 0 unspecified atom stereocenters. The molecule has 0 bridgehead atoms. The summed E-state index contributed by atoms with van der Waals surface area (Å²) >= 11 is 1.19. The minimum atomic E-state index is -0.257. The van der Waals surface area contributed by atoms with E-state index in [0.29, 0.717) is 10.1 Å². The molecule has 1 heterocycles.